The van der Waals surface area contributed by atoms with Crippen LogP contribution in [0.15, 0.2) is 11.0 Å². The Kier molecular flexibility index (Phi) is 2.78. The zero-order chi connectivity index (χ0) is 11.7. The van der Waals surface area contributed by atoms with Gasteiger partial charge in [-0.2, -0.15) is 5.10 Å². The lowest BCUT2D eigenvalue weighted by Gasteiger charge is -1.99. The van der Waals surface area contributed by atoms with E-state index in [1.807, 2.05) is 20.2 Å². The molecular weight excluding hydrogens is 226 g/mol. The van der Waals surface area contributed by atoms with Crippen LogP contribution in [0, 0.1) is 4.77 Å². The predicted molar refractivity (Wildman–Crippen MR) is 61.9 cm³/mol. The Labute approximate surface area is 96.9 Å². The second kappa shape index (κ2) is 4.09. The molecule has 2 aromatic rings. The lowest BCUT2D eigenvalue weighted by Crippen LogP contribution is -2.18. The van der Waals surface area contributed by atoms with Gasteiger partial charge in [-0.05, 0) is 18.6 Å². The summed E-state index contributed by atoms with van der Waals surface area (Å²) < 4.78 is 3.63. The molecule has 0 bridgehead atoms. The molecule has 16 heavy (non-hydrogen) atoms. The fraction of sp³-hybridized carbons (Fsp3) is 0.444. The SMILES string of the molecule is CCc1nn(C)cc1Cn1c(=O)[nH][nH]c1=S. The number of nitrogens with zero attached hydrogens (tertiary/aromatic N) is 3. The second-order valence-electron chi connectivity index (χ2n) is 3.57. The van der Waals surface area contributed by atoms with Crippen molar-refractivity contribution in [1.82, 2.24) is 24.5 Å². The van der Waals surface area contributed by atoms with E-state index < -0.39 is 0 Å². The van der Waals surface area contributed by atoms with Gasteiger partial charge in [0.05, 0.1) is 12.2 Å². The Morgan fingerprint density at radius 1 is 1.50 bits per heavy atom. The first-order valence-electron chi connectivity index (χ1n) is 5.00. The largest absolute Gasteiger partial charge is 0.342 e. The van der Waals surface area contributed by atoms with Gasteiger partial charge in [0.15, 0.2) is 4.77 Å². The first-order valence-corrected chi connectivity index (χ1v) is 5.41. The second-order valence-corrected chi connectivity index (χ2v) is 3.96. The van der Waals surface area contributed by atoms with E-state index in [1.165, 1.54) is 4.57 Å². The maximum atomic E-state index is 11.4. The Balaban J connectivity index is 2.41. The molecule has 0 spiro atoms. The number of H-pyrrole nitrogens is 2. The van der Waals surface area contributed by atoms with E-state index in [0.29, 0.717) is 11.3 Å². The van der Waals surface area contributed by atoms with Crippen molar-refractivity contribution in [3.05, 3.63) is 32.7 Å². The van der Waals surface area contributed by atoms with Crippen LogP contribution >= 0.6 is 12.2 Å². The van der Waals surface area contributed by atoms with Gasteiger partial charge in [-0.3, -0.25) is 14.3 Å². The molecule has 0 radical (unpaired) electrons. The molecule has 86 valence electrons. The third-order valence-corrected chi connectivity index (χ3v) is 2.74. The molecule has 0 atom stereocenters. The minimum absolute atomic E-state index is 0.226. The van der Waals surface area contributed by atoms with E-state index >= 15 is 0 Å². The molecule has 0 amide bonds. The molecule has 2 rings (SSSR count). The number of rotatable bonds is 3. The van der Waals surface area contributed by atoms with Gasteiger partial charge in [0, 0.05) is 18.8 Å². The maximum Gasteiger partial charge on any atom is 0.342 e. The highest BCUT2D eigenvalue weighted by molar-refractivity contribution is 7.71. The number of nitrogens with one attached hydrogen (secondary N) is 2. The van der Waals surface area contributed by atoms with Gasteiger partial charge < -0.3 is 0 Å². The van der Waals surface area contributed by atoms with Crippen LogP contribution in [0.2, 0.25) is 0 Å². The Bertz CT molecular complexity index is 574. The van der Waals surface area contributed by atoms with Crippen molar-refractivity contribution >= 4 is 12.2 Å². The van der Waals surface area contributed by atoms with Gasteiger partial charge in [-0.1, -0.05) is 6.92 Å². The van der Waals surface area contributed by atoms with Crippen LogP contribution in [0.3, 0.4) is 0 Å². The maximum absolute atomic E-state index is 11.4. The molecule has 0 saturated carbocycles. The molecule has 0 unspecified atom stereocenters. The van der Waals surface area contributed by atoms with Crippen LogP contribution in [-0.2, 0) is 20.0 Å². The lowest BCUT2D eigenvalue weighted by atomic mass is 10.2. The topological polar surface area (TPSA) is 71.4 Å². The molecule has 0 aliphatic rings. The summed E-state index contributed by atoms with van der Waals surface area (Å²) in [6.45, 7) is 2.49. The minimum Gasteiger partial charge on any atom is -0.275 e. The highest BCUT2D eigenvalue weighted by Crippen LogP contribution is 2.08. The Morgan fingerprint density at radius 2 is 2.25 bits per heavy atom. The monoisotopic (exact) mass is 239 g/mol. The van der Waals surface area contributed by atoms with Gasteiger partial charge >= 0.3 is 5.69 Å². The summed E-state index contributed by atoms with van der Waals surface area (Å²) in [6, 6.07) is 0. The highest BCUT2D eigenvalue weighted by atomic mass is 32.1. The van der Waals surface area contributed by atoms with Crippen molar-refractivity contribution < 1.29 is 0 Å². The standard InChI is InChI=1S/C9H13N5OS/c1-3-7-6(4-13(2)12-7)5-14-8(15)10-11-9(14)16/h4H,3,5H2,1-2H3,(H,10,15)(H,11,16). The summed E-state index contributed by atoms with van der Waals surface area (Å²) in [4.78, 5) is 11.4. The number of aromatic nitrogens is 5. The Hall–Kier alpha value is -1.63. The summed E-state index contributed by atoms with van der Waals surface area (Å²) in [5, 5.41) is 9.38. The third-order valence-electron chi connectivity index (χ3n) is 2.42. The molecule has 2 heterocycles. The minimum atomic E-state index is -0.226. The van der Waals surface area contributed by atoms with Crippen LogP contribution in [0.5, 0.6) is 0 Å². The summed E-state index contributed by atoms with van der Waals surface area (Å²) in [7, 11) is 1.86. The molecule has 6 nitrogen and oxygen atoms in total. The number of hydrogen-bond donors (Lipinski definition) is 2. The summed E-state index contributed by atoms with van der Waals surface area (Å²) in [5.74, 6) is 0. The van der Waals surface area contributed by atoms with E-state index in [-0.39, 0.29) is 5.69 Å². The Morgan fingerprint density at radius 3 is 2.81 bits per heavy atom. The van der Waals surface area contributed by atoms with Crippen molar-refractivity contribution in [3.8, 4) is 0 Å². The molecule has 2 N–H and O–H groups in total. The summed E-state index contributed by atoms with van der Waals surface area (Å²) >= 11 is 5.01. The van der Waals surface area contributed by atoms with Gasteiger partial charge in [0.1, 0.15) is 0 Å². The van der Waals surface area contributed by atoms with Crippen LogP contribution in [0.4, 0.5) is 0 Å². The van der Waals surface area contributed by atoms with E-state index in [2.05, 4.69) is 15.3 Å². The lowest BCUT2D eigenvalue weighted by molar-refractivity contribution is 0.743. The molecule has 0 saturated heterocycles. The highest BCUT2D eigenvalue weighted by Gasteiger charge is 2.08. The normalized spacial score (nSPS) is 10.9. The van der Waals surface area contributed by atoms with E-state index in [9.17, 15) is 4.79 Å². The smallest absolute Gasteiger partial charge is 0.275 e. The zero-order valence-corrected chi connectivity index (χ0v) is 9.97. The van der Waals surface area contributed by atoms with Crippen LogP contribution in [-0.4, -0.2) is 24.5 Å². The summed E-state index contributed by atoms with van der Waals surface area (Å²) in [6.07, 6.45) is 2.75. The van der Waals surface area contributed by atoms with Crippen molar-refractivity contribution in [3.63, 3.8) is 0 Å². The van der Waals surface area contributed by atoms with Crippen molar-refractivity contribution in [2.24, 2.45) is 7.05 Å². The number of hydrogen-bond acceptors (Lipinski definition) is 3. The average molecular weight is 239 g/mol. The molecular formula is C9H13N5OS. The van der Waals surface area contributed by atoms with Crippen molar-refractivity contribution in [2.45, 2.75) is 19.9 Å². The van der Waals surface area contributed by atoms with Crippen LogP contribution in [0.1, 0.15) is 18.2 Å². The molecule has 7 heteroatoms. The summed E-state index contributed by atoms with van der Waals surface area (Å²) in [5.41, 5.74) is 1.78. The quantitative estimate of drug-likeness (QED) is 0.770. The molecule has 0 aliphatic heterocycles. The molecule has 0 fully saturated rings. The first kappa shape index (κ1) is 10.9. The first-order chi connectivity index (χ1) is 7.61. The fourth-order valence-corrected chi connectivity index (χ4v) is 1.86. The van der Waals surface area contributed by atoms with E-state index in [0.717, 1.165) is 17.7 Å². The zero-order valence-electron chi connectivity index (χ0n) is 9.15. The van der Waals surface area contributed by atoms with Crippen LogP contribution in [0.25, 0.3) is 0 Å². The molecule has 2 aromatic heterocycles. The third kappa shape index (κ3) is 1.85. The van der Waals surface area contributed by atoms with E-state index in [1.54, 1.807) is 4.68 Å². The number of aromatic amines is 2. The van der Waals surface area contributed by atoms with E-state index in [4.69, 9.17) is 12.2 Å². The predicted octanol–water partition coefficient (Wildman–Crippen LogP) is 0.578. The fourth-order valence-electron chi connectivity index (χ4n) is 1.66. The van der Waals surface area contributed by atoms with Crippen molar-refractivity contribution in [1.29, 1.82) is 0 Å². The van der Waals surface area contributed by atoms with Crippen LogP contribution < -0.4 is 5.69 Å². The molecule has 0 aliphatic carbocycles. The van der Waals surface area contributed by atoms with Gasteiger partial charge in [-0.25, -0.2) is 9.89 Å². The number of aryl methyl sites for hydroxylation is 2. The van der Waals surface area contributed by atoms with Gasteiger partial charge in [0.2, 0.25) is 0 Å². The van der Waals surface area contributed by atoms with Gasteiger partial charge in [-0.15, -0.1) is 0 Å². The van der Waals surface area contributed by atoms with Crippen molar-refractivity contribution in [2.75, 3.05) is 0 Å². The molecule has 0 aromatic carbocycles. The van der Waals surface area contributed by atoms with Gasteiger partial charge in [0.25, 0.3) is 0 Å². The average Bonchev–Trinajstić information content (AvgIpc) is 2.75.